The van der Waals surface area contributed by atoms with E-state index in [-0.39, 0.29) is 5.69 Å². The average molecular weight is 388 g/mol. The molecule has 19 heavy (non-hydrogen) atoms. The first kappa shape index (κ1) is 14.0. The van der Waals surface area contributed by atoms with Crippen LogP contribution in [0.1, 0.15) is 10.4 Å². The number of benzene rings is 2. The SMILES string of the molecule is Nc1ccc(Br)c(C(=O)Nc2cc(Br)ccc2F)c1. The summed E-state index contributed by atoms with van der Waals surface area (Å²) in [6.45, 7) is 0. The van der Waals surface area contributed by atoms with Gasteiger partial charge in [0.1, 0.15) is 5.82 Å². The van der Waals surface area contributed by atoms with Crippen LogP contribution in [-0.4, -0.2) is 5.91 Å². The van der Waals surface area contributed by atoms with Crippen molar-refractivity contribution in [3.8, 4) is 0 Å². The third kappa shape index (κ3) is 3.33. The van der Waals surface area contributed by atoms with Crippen LogP contribution < -0.4 is 11.1 Å². The lowest BCUT2D eigenvalue weighted by molar-refractivity contribution is 0.102. The van der Waals surface area contributed by atoms with Gasteiger partial charge in [-0.25, -0.2) is 4.39 Å². The Hall–Kier alpha value is -1.40. The fraction of sp³-hybridized carbons (Fsp3) is 0. The number of anilines is 2. The molecule has 6 heteroatoms. The van der Waals surface area contributed by atoms with Gasteiger partial charge < -0.3 is 11.1 Å². The quantitative estimate of drug-likeness (QED) is 0.759. The van der Waals surface area contributed by atoms with Crippen molar-refractivity contribution in [2.45, 2.75) is 0 Å². The summed E-state index contributed by atoms with van der Waals surface area (Å²) < 4.78 is 14.8. The van der Waals surface area contributed by atoms with E-state index in [9.17, 15) is 9.18 Å². The van der Waals surface area contributed by atoms with E-state index < -0.39 is 11.7 Å². The molecule has 2 aromatic rings. The van der Waals surface area contributed by atoms with Crippen molar-refractivity contribution in [3.05, 3.63) is 56.7 Å². The van der Waals surface area contributed by atoms with Gasteiger partial charge >= 0.3 is 0 Å². The van der Waals surface area contributed by atoms with E-state index in [0.717, 1.165) is 0 Å². The molecule has 0 radical (unpaired) electrons. The van der Waals surface area contributed by atoms with Crippen molar-refractivity contribution < 1.29 is 9.18 Å². The third-order valence-corrected chi connectivity index (χ3v) is 3.60. The summed E-state index contributed by atoms with van der Waals surface area (Å²) in [5.74, 6) is -0.937. The molecule has 0 aromatic heterocycles. The van der Waals surface area contributed by atoms with E-state index in [1.807, 2.05) is 0 Å². The highest BCUT2D eigenvalue weighted by Gasteiger charge is 2.13. The Labute approximate surface area is 126 Å². The smallest absolute Gasteiger partial charge is 0.256 e. The fourth-order valence-corrected chi connectivity index (χ4v) is 2.29. The molecule has 0 unspecified atom stereocenters. The number of rotatable bonds is 2. The molecule has 0 saturated heterocycles. The van der Waals surface area contributed by atoms with Crippen LogP contribution in [0.2, 0.25) is 0 Å². The molecule has 3 N–H and O–H groups in total. The lowest BCUT2D eigenvalue weighted by Crippen LogP contribution is -2.14. The van der Waals surface area contributed by atoms with E-state index in [2.05, 4.69) is 37.2 Å². The van der Waals surface area contributed by atoms with Gasteiger partial charge in [-0.1, -0.05) is 15.9 Å². The van der Waals surface area contributed by atoms with Crippen molar-refractivity contribution in [1.82, 2.24) is 0 Å². The molecule has 3 nitrogen and oxygen atoms in total. The van der Waals surface area contributed by atoms with E-state index in [4.69, 9.17) is 5.73 Å². The zero-order valence-corrected chi connectivity index (χ0v) is 12.8. The van der Waals surface area contributed by atoms with Crippen LogP contribution in [0.25, 0.3) is 0 Å². The maximum atomic E-state index is 13.6. The van der Waals surface area contributed by atoms with Crippen LogP contribution >= 0.6 is 31.9 Å². The van der Waals surface area contributed by atoms with Crippen LogP contribution in [0.15, 0.2) is 45.3 Å². The molecule has 0 saturated carbocycles. The monoisotopic (exact) mass is 386 g/mol. The van der Waals surface area contributed by atoms with E-state index >= 15 is 0 Å². The standard InChI is InChI=1S/C13H9Br2FN2O/c14-7-1-4-11(16)12(5-7)18-13(19)9-6-8(17)2-3-10(9)15/h1-6H,17H2,(H,18,19). The number of hydrogen-bond donors (Lipinski definition) is 2. The molecule has 0 heterocycles. The van der Waals surface area contributed by atoms with E-state index in [1.54, 1.807) is 18.2 Å². The number of halogens is 3. The normalized spacial score (nSPS) is 10.3. The van der Waals surface area contributed by atoms with Crippen molar-refractivity contribution >= 4 is 49.1 Å². The van der Waals surface area contributed by atoms with Crippen LogP contribution in [0.4, 0.5) is 15.8 Å². The summed E-state index contributed by atoms with van der Waals surface area (Å²) in [6.07, 6.45) is 0. The van der Waals surface area contributed by atoms with Gasteiger partial charge in [-0.05, 0) is 52.3 Å². The first-order valence-electron chi connectivity index (χ1n) is 5.29. The zero-order valence-electron chi connectivity index (χ0n) is 9.58. The number of nitrogen functional groups attached to an aromatic ring is 1. The average Bonchev–Trinajstić information content (AvgIpc) is 2.36. The second kappa shape index (κ2) is 5.71. The van der Waals surface area contributed by atoms with Crippen LogP contribution in [0.5, 0.6) is 0 Å². The minimum atomic E-state index is -0.503. The number of hydrogen-bond acceptors (Lipinski definition) is 2. The minimum absolute atomic E-state index is 0.105. The molecular weight excluding hydrogens is 379 g/mol. The van der Waals surface area contributed by atoms with Gasteiger partial charge in [0, 0.05) is 14.6 Å². The molecule has 0 spiro atoms. The van der Waals surface area contributed by atoms with Gasteiger partial charge in [-0.2, -0.15) is 0 Å². The van der Waals surface area contributed by atoms with Crippen LogP contribution in [-0.2, 0) is 0 Å². The number of amides is 1. The molecular formula is C13H9Br2FN2O. The maximum absolute atomic E-state index is 13.6. The lowest BCUT2D eigenvalue weighted by Gasteiger charge is -2.09. The van der Waals surface area contributed by atoms with Gasteiger partial charge in [0.05, 0.1) is 11.3 Å². The highest BCUT2D eigenvalue weighted by Crippen LogP contribution is 2.23. The van der Waals surface area contributed by atoms with Crippen LogP contribution in [0, 0.1) is 5.82 Å². The van der Waals surface area contributed by atoms with Gasteiger partial charge in [0.15, 0.2) is 0 Å². The number of carbonyl (C=O) groups is 1. The predicted octanol–water partition coefficient (Wildman–Crippen LogP) is 4.19. The Morgan fingerprint density at radius 3 is 2.63 bits per heavy atom. The maximum Gasteiger partial charge on any atom is 0.256 e. The highest BCUT2D eigenvalue weighted by atomic mass is 79.9. The number of carbonyl (C=O) groups excluding carboxylic acids is 1. The summed E-state index contributed by atoms with van der Waals surface area (Å²) in [4.78, 5) is 12.1. The summed E-state index contributed by atoms with van der Waals surface area (Å²) in [5, 5.41) is 2.51. The molecule has 0 fully saturated rings. The van der Waals surface area contributed by atoms with Crippen molar-refractivity contribution in [3.63, 3.8) is 0 Å². The summed E-state index contributed by atoms with van der Waals surface area (Å²) >= 11 is 6.48. The van der Waals surface area contributed by atoms with Crippen molar-refractivity contribution in [1.29, 1.82) is 0 Å². The Balaban J connectivity index is 2.30. The third-order valence-electron chi connectivity index (χ3n) is 2.41. The highest BCUT2D eigenvalue weighted by molar-refractivity contribution is 9.10. The topological polar surface area (TPSA) is 55.1 Å². The summed E-state index contributed by atoms with van der Waals surface area (Å²) in [5.41, 5.74) is 6.54. The predicted molar refractivity (Wildman–Crippen MR) is 80.6 cm³/mol. The van der Waals surface area contributed by atoms with E-state index in [1.165, 1.54) is 18.2 Å². The Bertz CT molecular complexity index is 647. The molecule has 2 aromatic carbocycles. The fourth-order valence-electron chi connectivity index (χ4n) is 1.50. The molecule has 0 bridgehead atoms. The second-order valence-corrected chi connectivity index (χ2v) is 5.59. The largest absolute Gasteiger partial charge is 0.399 e. The summed E-state index contributed by atoms with van der Waals surface area (Å²) in [6, 6.07) is 9.18. The second-order valence-electron chi connectivity index (χ2n) is 3.82. The Kier molecular flexibility index (Phi) is 4.21. The lowest BCUT2D eigenvalue weighted by atomic mass is 10.2. The number of nitrogens with two attached hydrogens (primary N) is 1. The van der Waals surface area contributed by atoms with Gasteiger partial charge in [0.25, 0.3) is 5.91 Å². The molecule has 2 rings (SSSR count). The Morgan fingerprint density at radius 1 is 1.16 bits per heavy atom. The van der Waals surface area contributed by atoms with Crippen molar-refractivity contribution in [2.75, 3.05) is 11.1 Å². The molecule has 0 aliphatic carbocycles. The minimum Gasteiger partial charge on any atom is -0.399 e. The van der Waals surface area contributed by atoms with Gasteiger partial charge in [-0.15, -0.1) is 0 Å². The molecule has 0 aliphatic rings. The molecule has 98 valence electrons. The Morgan fingerprint density at radius 2 is 1.89 bits per heavy atom. The molecule has 1 amide bonds. The van der Waals surface area contributed by atoms with Gasteiger partial charge in [-0.3, -0.25) is 4.79 Å². The zero-order chi connectivity index (χ0) is 14.0. The molecule has 0 aliphatic heterocycles. The van der Waals surface area contributed by atoms with Gasteiger partial charge in [0.2, 0.25) is 0 Å². The van der Waals surface area contributed by atoms with Crippen LogP contribution in [0.3, 0.4) is 0 Å². The first-order valence-corrected chi connectivity index (χ1v) is 6.87. The first-order chi connectivity index (χ1) is 8.97. The molecule has 0 atom stereocenters. The van der Waals surface area contributed by atoms with E-state index in [0.29, 0.717) is 20.2 Å². The number of nitrogens with one attached hydrogen (secondary N) is 1. The van der Waals surface area contributed by atoms with Crippen molar-refractivity contribution in [2.24, 2.45) is 0 Å². The summed E-state index contributed by atoms with van der Waals surface area (Å²) in [7, 11) is 0.